The van der Waals surface area contributed by atoms with Gasteiger partial charge in [-0.25, -0.2) is 13.2 Å². The molecule has 0 aromatic heterocycles. The molecule has 0 radical (unpaired) electrons. The van der Waals surface area contributed by atoms with E-state index in [2.05, 4.69) is 0 Å². The second kappa shape index (κ2) is 9.09. The Labute approximate surface area is 164 Å². The van der Waals surface area contributed by atoms with E-state index in [0.717, 1.165) is 44.3 Å². The fourth-order valence-corrected chi connectivity index (χ4v) is 4.70. The number of rotatable bonds is 7. The first-order valence-corrected chi connectivity index (χ1v) is 11.5. The van der Waals surface area contributed by atoms with Crippen LogP contribution in [-0.2, 0) is 14.6 Å². The molecule has 152 valence electrons. The highest BCUT2D eigenvalue weighted by Gasteiger charge is 2.29. The maximum absolute atomic E-state index is 12.3. The molecule has 1 amide bonds. The minimum absolute atomic E-state index is 0.199. The van der Waals surface area contributed by atoms with Crippen molar-refractivity contribution in [2.45, 2.75) is 70.3 Å². The number of unbranched alkanes of at least 4 members (excludes halogenated alkanes) is 2. The Bertz CT molecular complexity index is 720. The number of sulfone groups is 1. The predicted molar refractivity (Wildman–Crippen MR) is 108 cm³/mol. The van der Waals surface area contributed by atoms with Gasteiger partial charge in [0.05, 0.1) is 10.6 Å². The molecule has 0 N–H and O–H groups in total. The van der Waals surface area contributed by atoms with Crippen molar-refractivity contribution < 1.29 is 17.9 Å². The van der Waals surface area contributed by atoms with E-state index in [1.165, 1.54) is 0 Å². The van der Waals surface area contributed by atoms with Gasteiger partial charge in [-0.3, -0.25) is 0 Å². The van der Waals surface area contributed by atoms with Gasteiger partial charge in [-0.1, -0.05) is 30.5 Å². The van der Waals surface area contributed by atoms with E-state index in [1.807, 2.05) is 39.8 Å². The fraction of sp³-hybridized carbons (Fsp3) is 0.667. The number of benzene rings is 1. The zero-order chi connectivity index (χ0) is 20.1. The van der Waals surface area contributed by atoms with Crippen molar-refractivity contribution in [2.75, 3.05) is 18.8 Å². The van der Waals surface area contributed by atoms with Gasteiger partial charge in [0.2, 0.25) is 0 Å². The maximum Gasteiger partial charge on any atom is 0.410 e. The van der Waals surface area contributed by atoms with Crippen LogP contribution in [0.15, 0.2) is 29.2 Å². The van der Waals surface area contributed by atoms with Crippen molar-refractivity contribution in [3.8, 4) is 0 Å². The van der Waals surface area contributed by atoms with Crippen molar-refractivity contribution >= 4 is 15.9 Å². The molecule has 5 nitrogen and oxygen atoms in total. The first-order valence-electron chi connectivity index (χ1n) is 9.84. The summed E-state index contributed by atoms with van der Waals surface area (Å²) in [6.45, 7) is 9.08. The lowest BCUT2D eigenvalue weighted by molar-refractivity contribution is 0.0287. The molecule has 6 heteroatoms. The number of likely N-dealkylation sites (tertiary alicyclic amines) is 1. The molecule has 1 aromatic carbocycles. The van der Waals surface area contributed by atoms with E-state index in [0.29, 0.717) is 17.2 Å². The van der Waals surface area contributed by atoms with Crippen LogP contribution in [0, 0.1) is 12.8 Å². The molecule has 1 aliphatic rings. The quantitative estimate of drug-likeness (QED) is 0.634. The van der Waals surface area contributed by atoms with Crippen molar-refractivity contribution in [1.82, 2.24) is 4.90 Å². The van der Waals surface area contributed by atoms with Gasteiger partial charge in [0.25, 0.3) is 0 Å². The van der Waals surface area contributed by atoms with Crippen molar-refractivity contribution in [3.05, 3.63) is 29.8 Å². The number of hydrogen-bond acceptors (Lipinski definition) is 4. The van der Waals surface area contributed by atoms with Gasteiger partial charge >= 0.3 is 6.09 Å². The second-order valence-corrected chi connectivity index (χ2v) is 10.7. The van der Waals surface area contributed by atoms with Gasteiger partial charge in [-0.15, -0.1) is 0 Å². The standard InChI is InChI=1S/C21H33NO4S/c1-17-9-11-19(12-10-17)27(24,25)15-7-5-6-8-18-13-14-22(16-18)20(23)26-21(2,3)4/h9-12,18H,5-8,13-16H2,1-4H3. The van der Waals surface area contributed by atoms with Gasteiger partial charge in [-0.05, 0) is 65.0 Å². The Morgan fingerprint density at radius 2 is 1.81 bits per heavy atom. The first kappa shape index (κ1) is 21.7. The Morgan fingerprint density at radius 3 is 2.44 bits per heavy atom. The molecule has 1 fully saturated rings. The minimum atomic E-state index is -3.18. The summed E-state index contributed by atoms with van der Waals surface area (Å²) >= 11 is 0. The molecule has 0 spiro atoms. The third-order valence-electron chi connectivity index (χ3n) is 4.84. The molecule has 1 aromatic rings. The maximum atomic E-state index is 12.3. The average molecular weight is 396 g/mol. The van der Waals surface area contributed by atoms with Crippen molar-refractivity contribution in [2.24, 2.45) is 5.92 Å². The van der Waals surface area contributed by atoms with E-state index in [4.69, 9.17) is 4.74 Å². The monoisotopic (exact) mass is 395 g/mol. The van der Waals surface area contributed by atoms with Crippen LogP contribution in [0.4, 0.5) is 4.79 Å². The molecule has 1 atom stereocenters. The van der Waals surface area contributed by atoms with E-state index in [-0.39, 0.29) is 11.8 Å². The second-order valence-electron chi connectivity index (χ2n) is 8.56. The summed E-state index contributed by atoms with van der Waals surface area (Å²) < 4.78 is 30.1. The Kier molecular flexibility index (Phi) is 7.32. The topological polar surface area (TPSA) is 63.7 Å². The first-order chi connectivity index (χ1) is 12.6. The number of aryl methyl sites for hydroxylation is 1. The summed E-state index contributed by atoms with van der Waals surface area (Å²) in [6, 6.07) is 7.05. The van der Waals surface area contributed by atoms with Crippen molar-refractivity contribution in [1.29, 1.82) is 0 Å². The summed E-state index contributed by atoms with van der Waals surface area (Å²) in [6.07, 6.45) is 4.38. The third kappa shape index (κ3) is 7.17. The molecule has 1 aliphatic heterocycles. The fourth-order valence-electron chi connectivity index (χ4n) is 3.33. The highest BCUT2D eigenvalue weighted by molar-refractivity contribution is 7.91. The van der Waals surface area contributed by atoms with E-state index in [9.17, 15) is 13.2 Å². The van der Waals surface area contributed by atoms with Crippen LogP contribution >= 0.6 is 0 Å². The molecule has 1 saturated heterocycles. The molecule has 1 unspecified atom stereocenters. The molecule has 0 bridgehead atoms. The van der Waals surface area contributed by atoms with Gasteiger partial charge < -0.3 is 9.64 Å². The highest BCUT2D eigenvalue weighted by atomic mass is 32.2. The summed E-state index contributed by atoms with van der Waals surface area (Å²) in [5.41, 5.74) is 0.601. The summed E-state index contributed by atoms with van der Waals surface area (Å²) in [5.74, 6) is 0.691. The van der Waals surface area contributed by atoms with Crippen LogP contribution in [-0.4, -0.2) is 43.9 Å². The zero-order valence-electron chi connectivity index (χ0n) is 17.0. The van der Waals surface area contributed by atoms with Gasteiger partial charge in [-0.2, -0.15) is 0 Å². The summed E-state index contributed by atoms with van der Waals surface area (Å²) in [5, 5.41) is 0. The molecule has 0 aliphatic carbocycles. The predicted octanol–water partition coefficient (Wildman–Crippen LogP) is 4.59. The number of ether oxygens (including phenoxy) is 1. The van der Waals surface area contributed by atoms with Crippen LogP contribution < -0.4 is 0 Å². The van der Waals surface area contributed by atoms with Gasteiger partial charge in [0.1, 0.15) is 5.60 Å². The number of carbonyl (C=O) groups is 1. The number of hydrogen-bond donors (Lipinski definition) is 0. The lowest BCUT2D eigenvalue weighted by Gasteiger charge is -2.24. The smallest absolute Gasteiger partial charge is 0.410 e. The normalized spacial score (nSPS) is 17.9. The molecule has 2 rings (SSSR count). The van der Waals surface area contributed by atoms with Gasteiger partial charge in [0.15, 0.2) is 9.84 Å². The molecular weight excluding hydrogens is 362 g/mol. The average Bonchev–Trinajstić information content (AvgIpc) is 3.02. The van der Waals surface area contributed by atoms with E-state index >= 15 is 0 Å². The highest BCUT2D eigenvalue weighted by Crippen LogP contribution is 2.24. The molecule has 0 saturated carbocycles. The zero-order valence-corrected chi connectivity index (χ0v) is 17.8. The van der Waals surface area contributed by atoms with Crippen LogP contribution in [0.25, 0.3) is 0 Å². The molecular formula is C21H33NO4S. The Morgan fingerprint density at radius 1 is 1.15 bits per heavy atom. The number of amides is 1. The number of nitrogens with zero attached hydrogens (tertiary/aromatic N) is 1. The molecule has 1 heterocycles. The van der Waals surface area contributed by atoms with E-state index in [1.54, 1.807) is 17.0 Å². The van der Waals surface area contributed by atoms with Gasteiger partial charge in [0, 0.05) is 13.1 Å². The largest absolute Gasteiger partial charge is 0.444 e. The minimum Gasteiger partial charge on any atom is -0.444 e. The number of carbonyl (C=O) groups excluding carboxylic acids is 1. The lowest BCUT2D eigenvalue weighted by Crippen LogP contribution is -2.35. The lowest BCUT2D eigenvalue weighted by atomic mass is 10.0. The van der Waals surface area contributed by atoms with Crippen LogP contribution in [0.1, 0.15) is 58.4 Å². The van der Waals surface area contributed by atoms with Crippen LogP contribution in [0.2, 0.25) is 0 Å². The molecule has 27 heavy (non-hydrogen) atoms. The van der Waals surface area contributed by atoms with Crippen LogP contribution in [0.3, 0.4) is 0 Å². The van der Waals surface area contributed by atoms with Crippen molar-refractivity contribution in [3.63, 3.8) is 0 Å². The van der Waals surface area contributed by atoms with Crippen LogP contribution in [0.5, 0.6) is 0 Å². The Balaban J connectivity index is 1.66. The third-order valence-corrected chi connectivity index (χ3v) is 6.66. The SMILES string of the molecule is Cc1ccc(S(=O)(=O)CCCCCC2CCN(C(=O)OC(C)(C)C)C2)cc1. The van der Waals surface area contributed by atoms with E-state index < -0.39 is 15.4 Å². The summed E-state index contributed by atoms with van der Waals surface area (Å²) in [4.78, 5) is 14.3. The Hall–Kier alpha value is -1.56. The summed E-state index contributed by atoms with van der Waals surface area (Å²) in [7, 11) is -3.18.